The molecule has 1 fully saturated rings. The molecule has 1 aromatic heterocycles. The Morgan fingerprint density at radius 3 is 3.00 bits per heavy atom. The van der Waals surface area contributed by atoms with Gasteiger partial charge in [-0.25, -0.2) is 5.06 Å². The number of rotatable bonds is 1. The number of hydrogen-bond acceptors (Lipinski definition) is 3. The molecule has 5 heteroatoms. The third-order valence-electron chi connectivity index (χ3n) is 2.04. The van der Waals surface area contributed by atoms with Crippen molar-refractivity contribution in [2.45, 2.75) is 12.8 Å². The fourth-order valence-electron chi connectivity index (χ4n) is 1.32. The van der Waals surface area contributed by atoms with Gasteiger partial charge in [-0.15, -0.1) is 11.3 Å². The average molecular weight is 323 g/mol. The molecule has 1 aliphatic rings. The molecule has 0 spiro atoms. The van der Waals surface area contributed by atoms with Gasteiger partial charge in [0.15, 0.2) is 0 Å². The molecule has 1 amide bonds. The van der Waals surface area contributed by atoms with Gasteiger partial charge < -0.3 is 0 Å². The first-order valence-electron chi connectivity index (χ1n) is 4.47. The lowest BCUT2D eigenvalue weighted by Crippen LogP contribution is -2.35. The van der Waals surface area contributed by atoms with Crippen LogP contribution in [-0.2, 0) is 4.84 Å². The van der Waals surface area contributed by atoms with Gasteiger partial charge in [-0.2, -0.15) is 0 Å². The maximum absolute atomic E-state index is 11.9. The quantitative estimate of drug-likeness (QED) is 0.743. The van der Waals surface area contributed by atoms with Crippen molar-refractivity contribution in [2.75, 3.05) is 13.2 Å². The largest absolute Gasteiger partial charge is 0.288 e. The smallest absolute Gasteiger partial charge is 0.271 e. The Morgan fingerprint density at radius 2 is 2.43 bits per heavy atom. The highest BCUT2D eigenvalue weighted by atomic mass is 127. The summed E-state index contributed by atoms with van der Waals surface area (Å²) in [6.07, 6.45) is 2.08. The van der Waals surface area contributed by atoms with Crippen molar-refractivity contribution in [2.24, 2.45) is 0 Å². The lowest BCUT2D eigenvalue weighted by molar-refractivity contribution is -0.144. The fourth-order valence-corrected chi connectivity index (χ4v) is 3.08. The molecular formula is C9H10INO2S. The molecular weight excluding hydrogens is 313 g/mol. The van der Waals surface area contributed by atoms with Crippen LogP contribution in [0.15, 0.2) is 11.4 Å². The van der Waals surface area contributed by atoms with Gasteiger partial charge in [0.25, 0.3) is 5.91 Å². The highest BCUT2D eigenvalue weighted by Crippen LogP contribution is 2.22. The van der Waals surface area contributed by atoms with Crippen LogP contribution in [0.25, 0.3) is 0 Å². The number of hydroxylamine groups is 2. The number of nitrogens with zero attached hydrogens (tertiary/aromatic N) is 1. The summed E-state index contributed by atoms with van der Waals surface area (Å²) in [5.41, 5.74) is 0. The zero-order valence-electron chi connectivity index (χ0n) is 7.53. The zero-order valence-corrected chi connectivity index (χ0v) is 10.5. The van der Waals surface area contributed by atoms with E-state index in [0.29, 0.717) is 13.2 Å². The number of carbonyl (C=O) groups is 1. The second kappa shape index (κ2) is 4.59. The monoisotopic (exact) mass is 323 g/mol. The van der Waals surface area contributed by atoms with E-state index in [1.54, 1.807) is 0 Å². The molecule has 14 heavy (non-hydrogen) atoms. The van der Waals surface area contributed by atoms with E-state index in [2.05, 4.69) is 22.6 Å². The van der Waals surface area contributed by atoms with Crippen molar-refractivity contribution >= 4 is 39.8 Å². The molecule has 0 unspecified atom stereocenters. The Labute approximate surface area is 100 Å². The highest BCUT2D eigenvalue weighted by molar-refractivity contribution is 14.1. The van der Waals surface area contributed by atoms with Crippen molar-refractivity contribution in [3.05, 3.63) is 19.9 Å². The first-order chi connectivity index (χ1) is 6.79. The second-order valence-electron chi connectivity index (χ2n) is 3.05. The van der Waals surface area contributed by atoms with Crippen LogP contribution in [0, 0.1) is 3.57 Å². The molecule has 76 valence electrons. The minimum atomic E-state index is 0.00380. The molecule has 0 aromatic carbocycles. The Morgan fingerprint density at radius 1 is 1.57 bits per heavy atom. The third kappa shape index (κ3) is 2.09. The lowest BCUT2D eigenvalue weighted by atomic mass is 10.3. The standard InChI is InChI=1S/C9H10INO2S/c10-7-3-6-14-8(7)9(12)11-4-1-2-5-13-11/h3,6H,1-2,4-5H2. The topological polar surface area (TPSA) is 29.5 Å². The van der Waals surface area contributed by atoms with Crippen molar-refractivity contribution in [3.63, 3.8) is 0 Å². The van der Waals surface area contributed by atoms with Crippen LogP contribution >= 0.6 is 33.9 Å². The van der Waals surface area contributed by atoms with Crippen LogP contribution in [0.5, 0.6) is 0 Å². The van der Waals surface area contributed by atoms with Gasteiger partial charge in [-0.1, -0.05) is 0 Å². The molecule has 0 saturated carbocycles. The third-order valence-corrected chi connectivity index (χ3v) is 4.21. The van der Waals surface area contributed by atoms with E-state index in [-0.39, 0.29) is 5.91 Å². The van der Waals surface area contributed by atoms with Crippen molar-refractivity contribution in [1.29, 1.82) is 0 Å². The summed E-state index contributed by atoms with van der Waals surface area (Å²) in [6.45, 7) is 1.38. The van der Waals surface area contributed by atoms with Gasteiger partial charge in [0.1, 0.15) is 4.88 Å². The van der Waals surface area contributed by atoms with E-state index in [1.807, 2.05) is 11.4 Å². The van der Waals surface area contributed by atoms with Gasteiger partial charge in [0, 0.05) is 10.1 Å². The number of halogens is 1. The molecule has 3 nitrogen and oxygen atoms in total. The normalized spacial score (nSPS) is 17.1. The van der Waals surface area contributed by atoms with Crippen LogP contribution in [-0.4, -0.2) is 24.1 Å². The van der Waals surface area contributed by atoms with E-state index in [1.165, 1.54) is 16.4 Å². The van der Waals surface area contributed by atoms with Gasteiger partial charge in [-0.05, 0) is 46.9 Å². The Balaban J connectivity index is 2.11. The first-order valence-corrected chi connectivity index (χ1v) is 6.42. The SMILES string of the molecule is O=C(c1sccc1I)N1CCCCO1. The minimum absolute atomic E-state index is 0.00380. The molecule has 1 aromatic rings. The van der Waals surface area contributed by atoms with Crippen LogP contribution < -0.4 is 0 Å². The van der Waals surface area contributed by atoms with Gasteiger partial charge in [0.2, 0.25) is 0 Å². The predicted octanol–water partition coefficient (Wildman–Crippen LogP) is 2.52. The molecule has 0 atom stereocenters. The van der Waals surface area contributed by atoms with Gasteiger partial charge >= 0.3 is 0 Å². The van der Waals surface area contributed by atoms with Crippen molar-refractivity contribution < 1.29 is 9.63 Å². The van der Waals surface area contributed by atoms with Gasteiger partial charge in [-0.3, -0.25) is 9.63 Å². The van der Waals surface area contributed by atoms with Crippen LogP contribution in [0.3, 0.4) is 0 Å². The number of thiophene rings is 1. The molecule has 0 N–H and O–H groups in total. The minimum Gasteiger partial charge on any atom is -0.271 e. The lowest BCUT2D eigenvalue weighted by Gasteiger charge is -2.25. The second-order valence-corrected chi connectivity index (χ2v) is 5.12. The number of hydrogen-bond donors (Lipinski definition) is 0. The molecule has 2 rings (SSSR count). The Bertz CT molecular complexity index is 333. The summed E-state index contributed by atoms with van der Waals surface area (Å²) < 4.78 is 1.01. The molecule has 0 aliphatic carbocycles. The van der Waals surface area contributed by atoms with Crippen molar-refractivity contribution in [3.8, 4) is 0 Å². The summed E-state index contributed by atoms with van der Waals surface area (Å²) in [5, 5.41) is 3.41. The summed E-state index contributed by atoms with van der Waals surface area (Å²) in [7, 11) is 0. The van der Waals surface area contributed by atoms with E-state index >= 15 is 0 Å². The predicted molar refractivity (Wildman–Crippen MR) is 63.3 cm³/mol. The molecule has 1 saturated heterocycles. The molecule has 0 bridgehead atoms. The maximum atomic E-state index is 11.9. The fraction of sp³-hybridized carbons (Fsp3) is 0.444. The summed E-state index contributed by atoms with van der Waals surface area (Å²) in [6, 6.07) is 1.95. The maximum Gasteiger partial charge on any atom is 0.288 e. The van der Waals surface area contributed by atoms with E-state index < -0.39 is 0 Å². The van der Waals surface area contributed by atoms with E-state index in [0.717, 1.165) is 21.3 Å². The van der Waals surface area contributed by atoms with Crippen LogP contribution in [0.2, 0.25) is 0 Å². The molecule has 0 radical (unpaired) electrons. The summed E-state index contributed by atoms with van der Waals surface area (Å²) in [5.74, 6) is 0.00380. The Hall–Kier alpha value is -0.140. The van der Waals surface area contributed by atoms with E-state index in [9.17, 15) is 4.79 Å². The number of amides is 1. The summed E-state index contributed by atoms with van der Waals surface area (Å²) >= 11 is 3.65. The Kier molecular flexibility index (Phi) is 3.40. The van der Waals surface area contributed by atoms with Crippen LogP contribution in [0.1, 0.15) is 22.5 Å². The summed E-state index contributed by atoms with van der Waals surface area (Å²) in [4.78, 5) is 18.0. The average Bonchev–Trinajstić information content (AvgIpc) is 2.65. The van der Waals surface area contributed by atoms with Crippen molar-refractivity contribution in [1.82, 2.24) is 5.06 Å². The first kappa shape index (κ1) is 10.4. The molecule has 1 aliphatic heterocycles. The number of carbonyl (C=O) groups excluding carboxylic acids is 1. The zero-order chi connectivity index (χ0) is 9.97. The van der Waals surface area contributed by atoms with Gasteiger partial charge in [0.05, 0.1) is 6.61 Å². The highest BCUT2D eigenvalue weighted by Gasteiger charge is 2.22. The molecule has 2 heterocycles. The van der Waals surface area contributed by atoms with E-state index in [4.69, 9.17) is 4.84 Å². The van der Waals surface area contributed by atoms with Crippen LogP contribution in [0.4, 0.5) is 0 Å².